The molecular formula is C17H28ClN3O3S. The molecule has 8 heteroatoms. The summed E-state index contributed by atoms with van der Waals surface area (Å²) in [5.41, 5.74) is 0. The van der Waals surface area contributed by atoms with Crippen molar-refractivity contribution < 1.29 is 14.6 Å². The van der Waals surface area contributed by atoms with Crippen LogP contribution in [0.15, 0.2) is 17.1 Å². The van der Waals surface area contributed by atoms with Gasteiger partial charge in [-0.1, -0.05) is 11.6 Å². The van der Waals surface area contributed by atoms with Gasteiger partial charge in [0.2, 0.25) is 0 Å². The first-order valence-electron chi connectivity index (χ1n) is 8.84. The summed E-state index contributed by atoms with van der Waals surface area (Å²) < 4.78 is 11.8. The largest absolute Gasteiger partial charge is 0.386 e. The van der Waals surface area contributed by atoms with Crippen molar-refractivity contribution in [1.82, 2.24) is 10.6 Å². The van der Waals surface area contributed by atoms with E-state index in [0.29, 0.717) is 30.1 Å². The molecular weight excluding hydrogens is 362 g/mol. The molecule has 1 fully saturated rings. The first-order chi connectivity index (χ1) is 12.2. The van der Waals surface area contributed by atoms with Gasteiger partial charge in [0.25, 0.3) is 0 Å². The monoisotopic (exact) mass is 389 g/mol. The molecule has 0 amide bonds. The second-order valence-electron chi connectivity index (χ2n) is 5.87. The number of hydrogen-bond donors (Lipinski definition) is 3. The summed E-state index contributed by atoms with van der Waals surface area (Å²) in [5.74, 6) is 0.698. The molecule has 3 N–H and O–H groups in total. The van der Waals surface area contributed by atoms with Crippen LogP contribution in [0.1, 0.15) is 37.2 Å². The Kier molecular flexibility index (Phi) is 9.57. The predicted molar refractivity (Wildman–Crippen MR) is 103 cm³/mol. The number of guanidine groups is 1. The first-order valence-corrected chi connectivity index (χ1v) is 10.0. The average molecular weight is 390 g/mol. The Morgan fingerprint density at radius 3 is 3.08 bits per heavy atom. The Hall–Kier alpha value is -0.860. The van der Waals surface area contributed by atoms with Crippen molar-refractivity contribution in [2.45, 2.75) is 38.4 Å². The minimum atomic E-state index is -0.636. The number of nitrogens with one attached hydrogen (secondary N) is 2. The Morgan fingerprint density at radius 1 is 1.52 bits per heavy atom. The lowest BCUT2D eigenvalue weighted by molar-refractivity contribution is 0.0168. The third-order valence-electron chi connectivity index (χ3n) is 3.77. The molecule has 2 unspecified atom stereocenters. The number of aliphatic imine (C=N–C) groups is 1. The first kappa shape index (κ1) is 20.5. The fourth-order valence-electron chi connectivity index (χ4n) is 2.49. The molecule has 1 aliphatic heterocycles. The Morgan fingerprint density at radius 2 is 2.40 bits per heavy atom. The highest BCUT2D eigenvalue weighted by Crippen LogP contribution is 2.26. The van der Waals surface area contributed by atoms with Crippen LogP contribution in [0, 0.1) is 0 Å². The highest BCUT2D eigenvalue weighted by atomic mass is 35.5. The van der Waals surface area contributed by atoms with Crippen LogP contribution in [0.25, 0.3) is 0 Å². The molecule has 0 aliphatic carbocycles. The third kappa shape index (κ3) is 7.92. The molecule has 1 aliphatic rings. The van der Waals surface area contributed by atoms with Gasteiger partial charge in [0.15, 0.2) is 5.96 Å². The number of aliphatic hydroxyl groups excluding tert-OH is 1. The topological polar surface area (TPSA) is 75.1 Å². The van der Waals surface area contributed by atoms with Gasteiger partial charge in [-0.05, 0) is 38.3 Å². The third-order valence-corrected chi connectivity index (χ3v) is 5.11. The second-order valence-corrected chi connectivity index (χ2v) is 7.61. The van der Waals surface area contributed by atoms with E-state index < -0.39 is 6.10 Å². The number of halogens is 1. The molecule has 2 atom stereocenters. The minimum absolute atomic E-state index is 0.277. The van der Waals surface area contributed by atoms with Gasteiger partial charge in [0.05, 0.1) is 23.6 Å². The highest BCUT2D eigenvalue weighted by molar-refractivity contribution is 7.16. The van der Waals surface area contributed by atoms with E-state index >= 15 is 0 Å². The van der Waals surface area contributed by atoms with E-state index in [1.165, 1.54) is 11.3 Å². The van der Waals surface area contributed by atoms with Crippen molar-refractivity contribution in [1.29, 1.82) is 0 Å². The van der Waals surface area contributed by atoms with Crippen molar-refractivity contribution in [3.63, 3.8) is 0 Å². The van der Waals surface area contributed by atoms with Gasteiger partial charge in [0, 0.05) is 31.2 Å². The zero-order chi connectivity index (χ0) is 17.9. The molecule has 1 aromatic heterocycles. The highest BCUT2D eigenvalue weighted by Gasteiger charge is 2.15. The van der Waals surface area contributed by atoms with Gasteiger partial charge < -0.3 is 25.2 Å². The molecule has 6 nitrogen and oxygen atoms in total. The van der Waals surface area contributed by atoms with E-state index in [0.717, 1.165) is 43.8 Å². The van der Waals surface area contributed by atoms with Gasteiger partial charge in [-0.25, -0.2) is 0 Å². The smallest absolute Gasteiger partial charge is 0.191 e. The molecule has 2 rings (SSSR count). The summed E-state index contributed by atoms with van der Waals surface area (Å²) in [6.45, 7) is 6.08. The summed E-state index contributed by atoms with van der Waals surface area (Å²) in [4.78, 5) is 5.25. The number of hydrogen-bond acceptors (Lipinski definition) is 5. The molecule has 142 valence electrons. The van der Waals surface area contributed by atoms with Gasteiger partial charge >= 0.3 is 0 Å². The van der Waals surface area contributed by atoms with E-state index in [-0.39, 0.29) is 6.10 Å². The molecule has 0 aromatic carbocycles. The quantitative estimate of drug-likeness (QED) is 0.326. The molecule has 0 bridgehead atoms. The maximum Gasteiger partial charge on any atom is 0.191 e. The lowest BCUT2D eigenvalue weighted by Gasteiger charge is -2.13. The lowest BCUT2D eigenvalue weighted by Crippen LogP contribution is -2.38. The van der Waals surface area contributed by atoms with Crippen LogP contribution < -0.4 is 10.6 Å². The van der Waals surface area contributed by atoms with Crippen molar-refractivity contribution in [2.24, 2.45) is 4.99 Å². The molecule has 1 saturated heterocycles. The normalized spacial score (nSPS) is 19.2. The fourth-order valence-corrected chi connectivity index (χ4v) is 3.53. The van der Waals surface area contributed by atoms with E-state index in [9.17, 15) is 5.11 Å². The number of aliphatic hydroxyl groups is 1. The minimum Gasteiger partial charge on any atom is -0.386 e. The van der Waals surface area contributed by atoms with Crippen molar-refractivity contribution in [2.75, 3.05) is 39.5 Å². The van der Waals surface area contributed by atoms with Crippen molar-refractivity contribution in [3.8, 4) is 0 Å². The van der Waals surface area contributed by atoms with Crippen LogP contribution >= 0.6 is 22.9 Å². The Bertz CT molecular complexity index is 521. The van der Waals surface area contributed by atoms with Crippen molar-refractivity contribution >= 4 is 28.9 Å². The molecule has 25 heavy (non-hydrogen) atoms. The number of ether oxygens (including phenoxy) is 2. The molecule has 1 aromatic rings. The number of thiophene rings is 1. The standard InChI is InChI=1S/C17H28ClN3O3S/c1-2-19-17(21-11-14(22)15-6-7-16(18)25-15)20-8-4-9-23-12-13-5-3-10-24-13/h6-7,13-14,22H,2-5,8-12H2,1H3,(H2,19,20,21). The summed E-state index contributed by atoms with van der Waals surface area (Å²) in [7, 11) is 0. The van der Waals surface area contributed by atoms with Gasteiger partial charge in [0.1, 0.15) is 6.10 Å². The molecule has 0 spiro atoms. The summed E-state index contributed by atoms with van der Waals surface area (Å²) in [6.07, 6.45) is 2.77. The SMILES string of the molecule is CCNC(=NCC(O)c1ccc(Cl)s1)NCCCOCC1CCCO1. The fraction of sp³-hybridized carbons (Fsp3) is 0.706. The average Bonchev–Trinajstić information content (AvgIpc) is 3.27. The Labute approximate surface area is 158 Å². The summed E-state index contributed by atoms with van der Waals surface area (Å²) in [6, 6.07) is 3.62. The van der Waals surface area contributed by atoms with Gasteiger partial charge in [-0.15, -0.1) is 11.3 Å². The second kappa shape index (κ2) is 11.7. The van der Waals surface area contributed by atoms with Crippen molar-refractivity contribution in [3.05, 3.63) is 21.3 Å². The van der Waals surface area contributed by atoms with Gasteiger partial charge in [-0.2, -0.15) is 0 Å². The zero-order valence-corrected chi connectivity index (χ0v) is 16.2. The lowest BCUT2D eigenvalue weighted by atomic mass is 10.2. The van der Waals surface area contributed by atoms with Crippen LogP contribution in [0.2, 0.25) is 4.34 Å². The molecule has 2 heterocycles. The Balaban J connectivity index is 1.63. The van der Waals surface area contributed by atoms with Crippen LogP contribution in [0.4, 0.5) is 0 Å². The summed E-state index contributed by atoms with van der Waals surface area (Å²) in [5, 5.41) is 16.6. The molecule has 0 radical (unpaired) electrons. The predicted octanol–water partition coefficient (Wildman–Crippen LogP) is 2.58. The number of nitrogens with zero attached hydrogens (tertiary/aromatic N) is 1. The maximum absolute atomic E-state index is 10.2. The van der Waals surface area contributed by atoms with E-state index in [4.69, 9.17) is 21.1 Å². The summed E-state index contributed by atoms with van der Waals surface area (Å²) >= 11 is 7.27. The van der Waals surface area contributed by atoms with Crippen LogP contribution in [0.5, 0.6) is 0 Å². The van der Waals surface area contributed by atoms with Crippen LogP contribution in [0.3, 0.4) is 0 Å². The van der Waals surface area contributed by atoms with Crippen LogP contribution in [-0.4, -0.2) is 56.6 Å². The molecule has 0 saturated carbocycles. The van der Waals surface area contributed by atoms with E-state index in [1.807, 2.05) is 13.0 Å². The van der Waals surface area contributed by atoms with Crippen LogP contribution in [-0.2, 0) is 9.47 Å². The maximum atomic E-state index is 10.2. The van der Waals surface area contributed by atoms with E-state index in [2.05, 4.69) is 15.6 Å². The van der Waals surface area contributed by atoms with Gasteiger partial charge in [-0.3, -0.25) is 4.99 Å². The zero-order valence-electron chi connectivity index (χ0n) is 14.7. The van der Waals surface area contributed by atoms with E-state index in [1.54, 1.807) is 6.07 Å². The number of rotatable bonds is 10.